The molecule has 172 valence electrons. The Hall–Kier alpha value is -2.31. The van der Waals surface area contributed by atoms with Crippen LogP contribution in [-0.2, 0) is 9.53 Å². The van der Waals surface area contributed by atoms with Crippen molar-refractivity contribution in [2.75, 3.05) is 26.2 Å². The quantitative estimate of drug-likeness (QED) is 0.692. The highest BCUT2D eigenvalue weighted by atomic mass is 35.5. The zero-order valence-electron chi connectivity index (χ0n) is 19.3. The van der Waals surface area contributed by atoms with E-state index in [4.69, 9.17) is 16.3 Å². The fourth-order valence-electron chi connectivity index (χ4n) is 5.11. The third-order valence-electron chi connectivity index (χ3n) is 6.59. The number of likely N-dealkylation sites (tertiary alicyclic amines) is 1. The predicted molar refractivity (Wildman–Crippen MR) is 125 cm³/mol. The summed E-state index contributed by atoms with van der Waals surface area (Å²) < 4.78 is 7.82. The number of ether oxygens (including phenoxy) is 1. The summed E-state index contributed by atoms with van der Waals surface area (Å²) in [6.07, 6.45) is 1.55. The summed E-state index contributed by atoms with van der Waals surface area (Å²) in [5.41, 5.74) is 3.56. The van der Waals surface area contributed by atoms with Crippen molar-refractivity contribution in [1.29, 1.82) is 0 Å². The van der Waals surface area contributed by atoms with E-state index in [1.54, 1.807) is 0 Å². The maximum atomic E-state index is 13.3. The first-order chi connectivity index (χ1) is 15.2. The van der Waals surface area contributed by atoms with Gasteiger partial charge in [0.05, 0.1) is 17.8 Å². The fourth-order valence-corrected chi connectivity index (χ4v) is 5.29. The number of amides is 2. The van der Waals surface area contributed by atoms with Crippen molar-refractivity contribution in [1.82, 2.24) is 14.4 Å². The molecule has 2 amide bonds. The fraction of sp³-hybridized carbons (Fsp3) is 0.520. The van der Waals surface area contributed by atoms with Crippen LogP contribution in [0.15, 0.2) is 30.3 Å². The van der Waals surface area contributed by atoms with Crippen molar-refractivity contribution in [3.05, 3.63) is 52.3 Å². The third-order valence-corrected chi connectivity index (χ3v) is 6.83. The van der Waals surface area contributed by atoms with Gasteiger partial charge in [-0.3, -0.25) is 9.59 Å². The number of piperidine rings is 1. The molecule has 2 saturated heterocycles. The molecule has 3 heterocycles. The number of aryl methyl sites for hydroxylation is 1. The molecule has 0 bridgehead atoms. The van der Waals surface area contributed by atoms with Gasteiger partial charge in [0.15, 0.2) is 0 Å². The van der Waals surface area contributed by atoms with Gasteiger partial charge in [0, 0.05) is 54.2 Å². The topological polar surface area (TPSA) is 54.8 Å². The first kappa shape index (κ1) is 22.9. The van der Waals surface area contributed by atoms with E-state index >= 15 is 0 Å². The second kappa shape index (κ2) is 9.28. The molecule has 1 aromatic heterocycles. The first-order valence-electron chi connectivity index (χ1n) is 11.4. The van der Waals surface area contributed by atoms with Gasteiger partial charge in [-0.2, -0.15) is 0 Å². The number of rotatable bonds is 3. The van der Waals surface area contributed by atoms with Crippen LogP contribution in [0.1, 0.15) is 48.4 Å². The molecule has 0 N–H and O–H groups in total. The number of carbonyl (C=O) groups excluding carboxylic acids is 2. The Bertz CT molecular complexity index is 1000. The van der Waals surface area contributed by atoms with E-state index < -0.39 is 0 Å². The molecule has 2 unspecified atom stereocenters. The Morgan fingerprint density at radius 3 is 2.28 bits per heavy atom. The van der Waals surface area contributed by atoms with Crippen LogP contribution in [0, 0.1) is 19.8 Å². The summed E-state index contributed by atoms with van der Waals surface area (Å²) in [4.78, 5) is 30.2. The number of carbonyl (C=O) groups is 2. The van der Waals surface area contributed by atoms with Crippen molar-refractivity contribution < 1.29 is 14.3 Å². The van der Waals surface area contributed by atoms with Gasteiger partial charge < -0.3 is 19.1 Å². The van der Waals surface area contributed by atoms with Crippen LogP contribution in [0.4, 0.5) is 0 Å². The lowest BCUT2D eigenvalue weighted by Crippen LogP contribution is -2.51. The van der Waals surface area contributed by atoms with Crippen LogP contribution in [0.5, 0.6) is 0 Å². The van der Waals surface area contributed by atoms with Crippen molar-refractivity contribution in [2.45, 2.75) is 52.7 Å². The van der Waals surface area contributed by atoms with Gasteiger partial charge in [0.2, 0.25) is 5.91 Å². The summed E-state index contributed by atoms with van der Waals surface area (Å²) in [7, 11) is 0. The molecule has 0 spiro atoms. The van der Waals surface area contributed by atoms with Crippen molar-refractivity contribution in [3.63, 3.8) is 0 Å². The van der Waals surface area contributed by atoms with Gasteiger partial charge >= 0.3 is 0 Å². The van der Waals surface area contributed by atoms with Gasteiger partial charge in [-0.05, 0) is 64.8 Å². The van der Waals surface area contributed by atoms with Gasteiger partial charge in [0.25, 0.3) is 5.91 Å². The van der Waals surface area contributed by atoms with Crippen LogP contribution in [0.25, 0.3) is 5.69 Å². The van der Waals surface area contributed by atoms with Crippen molar-refractivity contribution in [2.24, 2.45) is 5.92 Å². The molecule has 2 aliphatic rings. The molecule has 0 radical (unpaired) electrons. The highest BCUT2D eigenvalue weighted by molar-refractivity contribution is 6.30. The monoisotopic (exact) mass is 457 g/mol. The lowest BCUT2D eigenvalue weighted by molar-refractivity contribution is -0.148. The Labute approximate surface area is 195 Å². The molecule has 0 saturated carbocycles. The molecule has 7 heteroatoms. The molecule has 2 atom stereocenters. The molecule has 2 fully saturated rings. The largest absolute Gasteiger partial charge is 0.372 e. The number of aromatic nitrogens is 1. The SMILES string of the molecule is Cc1cc(C(=O)N2CCC(C(=O)N3CC(C)OC(C)C3)CC2)c(C)n1-c1cccc(Cl)c1. The normalized spacial score (nSPS) is 22.3. The van der Waals surface area contributed by atoms with E-state index in [-0.39, 0.29) is 29.9 Å². The minimum Gasteiger partial charge on any atom is -0.372 e. The molecular weight excluding hydrogens is 426 g/mol. The molecule has 4 rings (SSSR count). The average Bonchev–Trinajstić information content (AvgIpc) is 3.06. The maximum absolute atomic E-state index is 13.3. The summed E-state index contributed by atoms with van der Waals surface area (Å²) in [5, 5.41) is 0.665. The highest BCUT2D eigenvalue weighted by Crippen LogP contribution is 2.27. The minimum atomic E-state index is -0.0181. The van der Waals surface area contributed by atoms with Gasteiger partial charge in [-0.1, -0.05) is 17.7 Å². The van der Waals surface area contributed by atoms with Gasteiger partial charge in [-0.25, -0.2) is 0 Å². The van der Waals surface area contributed by atoms with Gasteiger partial charge in [0.1, 0.15) is 0 Å². The van der Waals surface area contributed by atoms with E-state index in [1.807, 2.05) is 67.8 Å². The minimum absolute atomic E-state index is 0.0181. The number of benzene rings is 1. The number of halogens is 1. The molecule has 1 aromatic carbocycles. The van der Waals surface area contributed by atoms with Crippen molar-refractivity contribution in [3.8, 4) is 5.69 Å². The van der Waals surface area contributed by atoms with Crippen LogP contribution < -0.4 is 0 Å². The zero-order valence-corrected chi connectivity index (χ0v) is 20.1. The number of nitrogens with zero attached hydrogens (tertiary/aromatic N) is 3. The third kappa shape index (κ3) is 4.57. The lowest BCUT2D eigenvalue weighted by atomic mass is 9.94. The Morgan fingerprint density at radius 2 is 1.66 bits per heavy atom. The molecule has 2 aromatic rings. The lowest BCUT2D eigenvalue weighted by Gasteiger charge is -2.39. The highest BCUT2D eigenvalue weighted by Gasteiger charge is 2.34. The smallest absolute Gasteiger partial charge is 0.255 e. The number of hydrogen-bond acceptors (Lipinski definition) is 3. The number of morpholine rings is 1. The molecule has 2 aliphatic heterocycles. The van der Waals surface area contributed by atoms with Crippen LogP contribution in [-0.4, -0.2) is 64.6 Å². The van der Waals surface area contributed by atoms with Crippen LogP contribution >= 0.6 is 11.6 Å². The number of hydrogen-bond donors (Lipinski definition) is 0. The van der Waals surface area contributed by atoms with E-state index in [9.17, 15) is 9.59 Å². The second-order valence-corrected chi connectivity index (χ2v) is 9.60. The van der Waals surface area contributed by atoms with Crippen LogP contribution in [0.2, 0.25) is 5.02 Å². The predicted octanol–water partition coefficient (Wildman–Crippen LogP) is 4.24. The van der Waals surface area contributed by atoms with E-state index in [1.165, 1.54) is 0 Å². The molecule has 6 nitrogen and oxygen atoms in total. The summed E-state index contributed by atoms with van der Waals surface area (Å²) in [6.45, 7) is 10.5. The van der Waals surface area contributed by atoms with Crippen molar-refractivity contribution >= 4 is 23.4 Å². The standard InChI is InChI=1S/C25H32ClN3O3/c1-16-12-23(19(4)29(16)22-7-5-6-21(26)13-22)25(31)27-10-8-20(9-11-27)24(30)28-14-17(2)32-18(3)15-28/h5-7,12-13,17-18,20H,8-11,14-15H2,1-4H3. The Balaban J connectivity index is 1.43. The zero-order chi connectivity index (χ0) is 23.0. The summed E-state index contributed by atoms with van der Waals surface area (Å²) in [6, 6.07) is 9.60. The Kier molecular flexibility index (Phi) is 6.63. The summed E-state index contributed by atoms with van der Waals surface area (Å²) >= 11 is 6.18. The van der Waals surface area contributed by atoms with E-state index in [0.717, 1.165) is 17.1 Å². The molecular formula is C25H32ClN3O3. The average molecular weight is 458 g/mol. The second-order valence-electron chi connectivity index (χ2n) is 9.17. The van der Waals surface area contributed by atoms with E-state index in [0.29, 0.717) is 49.6 Å². The molecule has 0 aliphatic carbocycles. The summed E-state index contributed by atoms with van der Waals surface area (Å²) in [5.74, 6) is 0.222. The van der Waals surface area contributed by atoms with Gasteiger partial charge in [-0.15, -0.1) is 0 Å². The van der Waals surface area contributed by atoms with E-state index in [2.05, 4.69) is 4.57 Å². The molecule has 32 heavy (non-hydrogen) atoms. The first-order valence-corrected chi connectivity index (χ1v) is 11.8. The Morgan fingerprint density at radius 1 is 1.00 bits per heavy atom. The maximum Gasteiger partial charge on any atom is 0.255 e. The van der Waals surface area contributed by atoms with Crippen LogP contribution in [0.3, 0.4) is 0 Å².